The third kappa shape index (κ3) is 1.96. The van der Waals surface area contributed by atoms with E-state index in [1.807, 2.05) is 19.1 Å². The number of hydrogen-bond donors (Lipinski definition) is 1. The second kappa shape index (κ2) is 4.09. The van der Waals surface area contributed by atoms with Gasteiger partial charge in [0.1, 0.15) is 0 Å². The van der Waals surface area contributed by atoms with Gasteiger partial charge in [0.05, 0.1) is 5.69 Å². The summed E-state index contributed by atoms with van der Waals surface area (Å²) in [5.41, 5.74) is 2.37. The molecule has 76 valence electrons. The number of nitrogens with zero attached hydrogens (tertiary/aromatic N) is 1. The highest BCUT2D eigenvalue weighted by Crippen LogP contribution is 2.09. The van der Waals surface area contributed by atoms with Gasteiger partial charge in [-0.05, 0) is 30.7 Å². The summed E-state index contributed by atoms with van der Waals surface area (Å²) in [6.45, 7) is 2.05. The van der Waals surface area contributed by atoms with Crippen molar-refractivity contribution < 1.29 is 4.79 Å². The van der Waals surface area contributed by atoms with E-state index in [1.54, 1.807) is 24.5 Å². The van der Waals surface area contributed by atoms with Crippen LogP contribution in [0.3, 0.4) is 0 Å². The normalized spacial score (nSPS) is 10.2. The van der Waals surface area contributed by atoms with Crippen LogP contribution in [0.1, 0.15) is 28.7 Å². The quantitative estimate of drug-likeness (QED) is 0.772. The topological polar surface area (TPSA) is 45.8 Å². The van der Waals surface area contributed by atoms with Crippen LogP contribution < -0.4 is 0 Å². The van der Waals surface area contributed by atoms with Crippen LogP contribution in [0.4, 0.5) is 0 Å². The van der Waals surface area contributed by atoms with Gasteiger partial charge in [-0.15, -0.1) is 0 Å². The van der Waals surface area contributed by atoms with E-state index in [2.05, 4.69) is 9.97 Å². The van der Waals surface area contributed by atoms with Gasteiger partial charge in [-0.25, -0.2) is 0 Å². The number of ketones is 1. The summed E-state index contributed by atoms with van der Waals surface area (Å²) >= 11 is 0. The predicted octanol–water partition coefficient (Wildman–Crippen LogP) is 2.20. The molecule has 0 aliphatic heterocycles. The third-order valence-corrected chi connectivity index (χ3v) is 2.31. The summed E-state index contributed by atoms with van der Waals surface area (Å²) < 4.78 is 0. The fourth-order valence-corrected chi connectivity index (χ4v) is 1.44. The Labute approximate surface area is 88.2 Å². The highest BCUT2D eigenvalue weighted by atomic mass is 16.1. The molecule has 0 saturated heterocycles. The molecule has 2 heterocycles. The molecule has 2 aromatic heterocycles. The fraction of sp³-hybridized carbons (Fsp3) is 0.167. The van der Waals surface area contributed by atoms with E-state index in [0.29, 0.717) is 11.3 Å². The first-order valence-electron chi connectivity index (χ1n) is 4.94. The lowest BCUT2D eigenvalue weighted by atomic mass is 10.1. The lowest BCUT2D eigenvalue weighted by molar-refractivity contribution is 0.103. The van der Waals surface area contributed by atoms with Crippen molar-refractivity contribution in [2.45, 2.75) is 13.3 Å². The SMILES string of the molecule is CCc1ccc(C(=O)c2ccncc2)[nH]1. The zero-order valence-corrected chi connectivity index (χ0v) is 8.53. The number of aromatic amines is 1. The van der Waals surface area contributed by atoms with Crippen LogP contribution in [-0.2, 0) is 6.42 Å². The van der Waals surface area contributed by atoms with E-state index in [0.717, 1.165) is 12.1 Å². The maximum absolute atomic E-state index is 11.9. The number of carbonyl (C=O) groups excluding carboxylic acids is 1. The maximum Gasteiger partial charge on any atom is 0.209 e. The molecule has 0 unspecified atom stereocenters. The Morgan fingerprint density at radius 2 is 2.00 bits per heavy atom. The Bertz CT molecular complexity index is 459. The number of pyridine rings is 1. The van der Waals surface area contributed by atoms with Crippen molar-refractivity contribution in [1.29, 1.82) is 0 Å². The first-order valence-corrected chi connectivity index (χ1v) is 4.94. The van der Waals surface area contributed by atoms with Gasteiger partial charge in [0.15, 0.2) is 0 Å². The summed E-state index contributed by atoms with van der Waals surface area (Å²) in [6.07, 6.45) is 4.15. The highest BCUT2D eigenvalue weighted by molar-refractivity contribution is 6.07. The number of nitrogens with one attached hydrogen (secondary N) is 1. The first-order chi connectivity index (χ1) is 7.31. The molecule has 2 rings (SSSR count). The van der Waals surface area contributed by atoms with Crippen LogP contribution in [-0.4, -0.2) is 15.8 Å². The van der Waals surface area contributed by atoms with Crippen LogP contribution in [0.2, 0.25) is 0 Å². The second-order valence-electron chi connectivity index (χ2n) is 3.32. The van der Waals surface area contributed by atoms with Crippen LogP contribution in [0.15, 0.2) is 36.7 Å². The van der Waals surface area contributed by atoms with Gasteiger partial charge in [0, 0.05) is 23.7 Å². The van der Waals surface area contributed by atoms with Crippen LogP contribution in [0.5, 0.6) is 0 Å². The molecule has 0 aliphatic rings. The van der Waals surface area contributed by atoms with Gasteiger partial charge in [-0.3, -0.25) is 9.78 Å². The third-order valence-electron chi connectivity index (χ3n) is 2.31. The van der Waals surface area contributed by atoms with Crippen molar-refractivity contribution >= 4 is 5.78 Å². The number of aryl methyl sites for hydroxylation is 1. The number of rotatable bonds is 3. The highest BCUT2D eigenvalue weighted by Gasteiger charge is 2.09. The van der Waals surface area contributed by atoms with Gasteiger partial charge in [-0.2, -0.15) is 0 Å². The van der Waals surface area contributed by atoms with E-state index < -0.39 is 0 Å². The summed E-state index contributed by atoms with van der Waals surface area (Å²) in [7, 11) is 0. The summed E-state index contributed by atoms with van der Waals surface area (Å²) in [5.74, 6) is 0.0112. The van der Waals surface area contributed by atoms with E-state index in [1.165, 1.54) is 0 Å². The molecule has 0 spiro atoms. The van der Waals surface area contributed by atoms with Crippen LogP contribution in [0, 0.1) is 0 Å². The Morgan fingerprint density at radius 3 is 2.60 bits per heavy atom. The van der Waals surface area contributed by atoms with Crippen molar-refractivity contribution in [3.63, 3.8) is 0 Å². The fourth-order valence-electron chi connectivity index (χ4n) is 1.44. The second-order valence-corrected chi connectivity index (χ2v) is 3.32. The average molecular weight is 200 g/mol. The minimum Gasteiger partial charge on any atom is -0.356 e. The number of aromatic nitrogens is 2. The minimum atomic E-state index is 0.0112. The van der Waals surface area contributed by atoms with E-state index in [4.69, 9.17) is 0 Å². The molecule has 15 heavy (non-hydrogen) atoms. The van der Waals surface area contributed by atoms with E-state index in [-0.39, 0.29) is 5.78 Å². The number of hydrogen-bond acceptors (Lipinski definition) is 2. The average Bonchev–Trinajstić information content (AvgIpc) is 2.78. The molecule has 1 N–H and O–H groups in total. The maximum atomic E-state index is 11.9. The van der Waals surface area contributed by atoms with Crippen molar-refractivity contribution in [1.82, 2.24) is 9.97 Å². The monoisotopic (exact) mass is 200 g/mol. The summed E-state index contributed by atoms with van der Waals surface area (Å²) in [4.78, 5) is 18.9. The molecule has 2 aromatic rings. The molecule has 0 aromatic carbocycles. The Hall–Kier alpha value is -1.90. The molecule has 3 heteroatoms. The van der Waals surface area contributed by atoms with Crippen LogP contribution >= 0.6 is 0 Å². The molecule has 0 amide bonds. The van der Waals surface area contributed by atoms with E-state index in [9.17, 15) is 4.79 Å². The number of carbonyl (C=O) groups is 1. The number of H-pyrrole nitrogens is 1. The molecular formula is C12H12N2O. The summed E-state index contributed by atoms with van der Waals surface area (Å²) in [5, 5.41) is 0. The lowest BCUT2D eigenvalue weighted by Gasteiger charge is -1.97. The van der Waals surface area contributed by atoms with Crippen LogP contribution in [0.25, 0.3) is 0 Å². The molecule has 0 atom stereocenters. The molecule has 3 nitrogen and oxygen atoms in total. The van der Waals surface area contributed by atoms with Crippen molar-refractivity contribution in [3.05, 3.63) is 53.6 Å². The molecule has 0 saturated carbocycles. The minimum absolute atomic E-state index is 0.0112. The molecule has 0 bridgehead atoms. The standard InChI is InChI=1S/C12H12N2O/c1-2-10-3-4-11(14-10)12(15)9-5-7-13-8-6-9/h3-8,14H,2H2,1H3. The zero-order valence-electron chi connectivity index (χ0n) is 8.53. The van der Waals surface area contributed by atoms with E-state index >= 15 is 0 Å². The molecule has 0 fully saturated rings. The van der Waals surface area contributed by atoms with Gasteiger partial charge in [-0.1, -0.05) is 6.92 Å². The van der Waals surface area contributed by atoms with Crippen molar-refractivity contribution in [2.75, 3.05) is 0 Å². The van der Waals surface area contributed by atoms with Gasteiger partial charge < -0.3 is 4.98 Å². The summed E-state index contributed by atoms with van der Waals surface area (Å²) in [6, 6.07) is 7.19. The van der Waals surface area contributed by atoms with Gasteiger partial charge >= 0.3 is 0 Å². The predicted molar refractivity (Wildman–Crippen MR) is 57.8 cm³/mol. The lowest BCUT2D eigenvalue weighted by Crippen LogP contribution is -2.01. The molecule has 0 aliphatic carbocycles. The Balaban J connectivity index is 2.29. The van der Waals surface area contributed by atoms with Crippen molar-refractivity contribution in [3.8, 4) is 0 Å². The molecule has 0 radical (unpaired) electrons. The first kappa shape index (κ1) is 9.65. The Morgan fingerprint density at radius 1 is 1.27 bits per heavy atom. The smallest absolute Gasteiger partial charge is 0.209 e. The van der Waals surface area contributed by atoms with Gasteiger partial charge in [0.25, 0.3) is 0 Å². The zero-order chi connectivity index (χ0) is 10.7. The Kier molecular flexibility index (Phi) is 2.63. The molecular weight excluding hydrogens is 188 g/mol. The largest absolute Gasteiger partial charge is 0.356 e. The van der Waals surface area contributed by atoms with Crippen molar-refractivity contribution in [2.24, 2.45) is 0 Å². The van der Waals surface area contributed by atoms with Gasteiger partial charge in [0.2, 0.25) is 5.78 Å².